The molecule has 0 aromatic carbocycles. The number of hydrogen-bond donors (Lipinski definition) is 0. The monoisotopic (exact) mass is 358 g/mol. The highest BCUT2D eigenvalue weighted by Crippen LogP contribution is 2.79. The van der Waals surface area contributed by atoms with Gasteiger partial charge in [-0.1, -0.05) is 98.3 Å². The summed E-state index contributed by atoms with van der Waals surface area (Å²) in [7, 11) is 0. The fourth-order valence-corrected chi connectivity index (χ4v) is 8.95. The second-order valence-electron chi connectivity index (χ2n) is 11.8. The summed E-state index contributed by atoms with van der Waals surface area (Å²) in [5.74, 6) is 4.11. The van der Waals surface area contributed by atoms with Crippen molar-refractivity contribution >= 4 is 0 Å². The molecule has 0 N–H and O–H groups in total. The first-order valence-corrected chi connectivity index (χ1v) is 12.4. The molecule has 150 valence electrons. The Morgan fingerprint density at radius 2 is 1.54 bits per heavy atom. The summed E-state index contributed by atoms with van der Waals surface area (Å²) >= 11 is 0. The van der Waals surface area contributed by atoms with Crippen molar-refractivity contribution in [1.29, 1.82) is 0 Å². The van der Waals surface area contributed by atoms with Gasteiger partial charge in [0.15, 0.2) is 0 Å². The van der Waals surface area contributed by atoms with Crippen LogP contribution in [0.15, 0.2) is 0 Å². The van der Waals surface area contributed by atoms with Crippen molar-refractivity contribution in [3.8, 4) is 0 Å². The van der Waals surface area contributed by atoms with Crippen LogP contribution >= 0.6 is 0 Å². The molecule has 4 rings (SSSR count). The Labute approximate surface area is 164 Å². The Balaban J connectivity index is 1.46. The molecule has 5 atom stereocenters. The standard InChI is InChI=1S/C26H46/c1-20-12-11-19-26(20)21(2)23(26)25(4,24(3)16-9-10-17-24)18-8-7-15-22-13-5-6-14-22/h20-23H,5-19H2,1-4H3. The van der Waals surface area contributed by atoms with Crippen LogP contribution in [-0.4, -0.2) is 0 Å². The van der Waals surface area contributed by atoms with Crippen LogP contribution in [0.2, 0.25) is 0 Å². The molecule has 0 saturated heterocycles. The summed E-state index contributed by atoms with van der Waals surface area (Å²) in [6.07, 6.45) is 22.8. The van der Waals surface area contributed by atoms with E-state index in [1.165, 1.54) is 89.9 Å². The van der Waals surface area contributed by atoms with Gasteiger partial charge in [0.1, 0.15) is 0 Å². The van der Waals surface area contributed by atoms with Crippen LogP contribution in [0.4, 0.5) is 0 Å². The van der Waals surface area contributed by atoms with E-state index in [2.05, 4.69) is 27.7 Å². The van der Waals surface area contributed by atoms with Crippen molar-refractivity contribution in [3.63, 3.8) is 0 Å². The van der Waals surface area contributed by atoms with Gasteiger partial charge in [-0.2, -0.15) is 0 Å². The average Bonchev–Trinajstić information content (AvgIpc) is 3.14. The Bertz CT molecular complexity index is 480. The SMILES string of the molecule is CC1CCCC12C(C)C2C(C)(CCCCC1CCCC1)C1(C)CCCC1. The lowest BCUT2D eigenvalue weighted by atomic mass is 9.57. The lowest BCUT2D eigenvalue weighted by Gasteiger charge is -2.47. The molecule has 0 aromatic heterocycles. The molecule has 4 aliphatic rings. The maximum atomic E-state index is 2.77. The molecule has 1 spiro atoms. The second-order valence-corrected chi connectivity index (χ2v) is 11.8. The van der Waals surface area contributed by atoms with Crippen LogP contribution in [0.3, 0.4) is 0 Å². The van der Waals surface area contributed by atoms with E-state index in [0.717, 1.165) is 29.1 Å². The van der Waals surface area contributed by atoms with Crippen molar-refractivity contribution in [1.82, 2.24) is 0 Å². The molecule has 0 heteroatoms. The molecule has 5 unspecified atom stereocenters. The van der Waals surface area contributed by atoms with E-state index in [1.54, 1.807) is 6.42 Å². The minimum Gasteiger partial charge on any atom is -0.0620 e. The summed E-state index contributed by atoms with van der Waals surface area (Å²) in [4.78, 5) is 0. The van der Waals surface area contributed by atoms with Crippen LogP contribution in [0.25, 0.3) is 0 Å². The highest BCUT2D eigenvalue weighted by atomic mass is 14.8. The molecule has 26 heavy (non-hydrogen) atoms. The van der Waals surface area contributed by atoms with E-state index < -0.39 is 0 Å². The third kappa shape index (κ3) is 2.91. The maximum Gasteiger partial charge on any atom is -0.0207 e. The molecule has 0 aliphatic heterocycles. The van der Waals surface area contributed by atoms with Gasteiger partial charge in [-0.05, 0) is 65.6 Å². The predicted molar refractivity (Wildman–Crippen MR) is 113 cm³/mol. The van der Waals surface area contributed by atoms with Crippen LogP contribution in [0, 0.1) is 39.9 Å². The molecular formula is C26H46. The molecule has 4 fully saturated rings. The summed E-state index contributed by atoms with van der Waals surface area (Å²) in [5.41, 5.74) is 1.98. The van der Waals surface area contributed by atoms with Crippen molar-refractivity contribution in [2.45, 2.75) is 124 Å². The zero-order valence-corrected chi connectivity index (χ0v) is 18.4. The van der Waals surface area contributed by atoms with Gasteiger partial charge < -0.3 is 0 Å². The molecule has 0 bridgehead atoms. The lowest BCUT2D eigenvalue weighted by molar-refractivity contribution is 0.0155. The fraction of sp³-hybridized carbons (Fsp3) is 1.00. The fourth-order valence-electron chi connectivity index (χ4n) is 8.95. The molecule has 4 saturated carbocycles. The molecule has 4 aliphatic carbocycles. The highest BCUT2D eigenvalue weighted by Gasteiger charge is 2.72. The van der Waals surface area contributed by atoms with Crippen molar-refractivity contribution in [3.05, 3.63) is 0 Å². The minimum atomic E-state index is 0.608. The van der Waals surface area contributed by atoms with Gasteiger partial charge in [-0.3, -0.25) is 0 Å². The number of rotatable bonds is 7. The molecular weight excluding hydrogens is 312 g/mol. The van der Waals surface area contributed by atoms with Crippen LogP contribution in [-0.2, 0) is 0 Å². The third-order valence-electron chi connectivity index (χ3n) is 10.8. The first-order chi connectivity index (χ1) is 12.4. The average molecular weight is 359 g/mol. The Kier molecular flexibility index (Phi) is 5.28. The van der Waals surface area contributed by atoms with E-state index in [1.807, 2.05) is 0 Å². The Hall–Kier alpha value is 0. The maximum absolute atomic E-state index is 2.77. The van der Waals surface area contributed by atoms with Gasteiger partial charge >= 0.3 is 0 Å². The first kappa shape index (κ1) is 19.3. The summed E-state index contributed by atoms with van der Waals surface area (Å²) in [5, 5.41) is 0. The summed E-state index contributed by atoms with van der Waals surface area (Å²) < 4.78 is 0. The lowest BCUT2D eigenvalue weighted by Crippen LogP contribution is -2.40. The highest BCUT2D eigenvalue weighted by molar-refractivity contribution is 5.20. The predicted octanol–water partition coefficient (Wildman–Crippen LogP) is 8.40. The van der Waals surface area contributed by atoms with E-state index >= 15 is 0 Å². The van der Waals surface area contributed by atoms with Crippen molar-refractivity contribution in [2.75, 3.05) is 0 Å². The Morgan fingerprint density at radius 1 is 0.846 bits per heavy atom. The largest absolute Gasteiger partial charge is 0.0620 e. The molecule has 0 nitrogen and oxygen atoms in total. The minimum absolute atomic E-state index is 0.608. The van der Waals surface area contributed by atoms with E-state index in [0.29, 0.717) is 10.8 Å². The molecule has 0 amide bonds. The second kappa shape index (κ2) is 7.11. The van der Waals surface area contributed by atoms with Crippen LogP contribution < -0.4 is 0 Å². The first-order valence-electron chi connectivity index (χ1n) is 12.4. The van der Waals surface area contributed by atoms with Gasteiger partial charge in [0.25, 0.3) is 0 Å². The van der Waals surface area contributed by atoms with Crippen molar-refractivity contribution < 1.29 is 0 Å². The van der Waals surface area contributed by atoms with Crippen LogP contribution in [0.1, 0.15) is 124 Å². The number of unbranched alkanes of at least 4 members (excludes halogenated alkanes) is 1. The van der Waals surface area contributed by atoms with Gasteiger partial charge in [-0.15, -0.1) is 0 Å². The normalized spacial score (nSPS) is 41.8. The van der Waals surface area contributed by atoms with Gasteiger partial charge in [0.05, 0.1) is 0 Å². The van der Waals surface area contributed by atoms with Gasteiger partial charge in [0, 0.05) is 0 Å². The zero-order valence-electron chi connectivity index (χ0n) is 18.4. The van der Waals surface area contributed by atoms with Gasteiger partial charge in [0.2, 0.25) is 0 Å². The topological polar surface area (TPSA) is 0 Å². The smallest absolute Gasteiger partial charge is 0.0207 e. The third-order valence-corrected chi connectivity index (χ3v) is 10.8. The quantitative estimate of drug-likeness (QED) is 0.401. The van der Waals surface area contributed by atoms with Crippen molar-refractivity contribution in [2.24, 2.45) is 39.9 Å². The molecule has 0 aromatic rings. The number of hydrogen-bond acceptors (Lipinski definition) is 0. The summed E-state index contributed by atoms with van der Waals surface area (Å²) in [6, 6.07) is 0. The van der Waals surface area contributed by atoms with Crippen LogP contribution in [0.5, 0.6) is 0 Å². The zero-order chi connectivity index (χ0) is 18.4. The van der Waals surface area contributed by atoms with E-state index in [-0.39, 0.29) is 0 Å². The van der Waals surface area contributed by atoms with E-state index in [9.17, 15) is 0 Å². The van der Waals surface area contributed by atoms with E-state index in [4.69, 9.17) is 0 Å². The molecule has 0 heterocycles. The molecule has 0 radical (unpaired) electrons. The summed E-state index contributed by atoms with van der Waals surface area (Å²) in [6.45, 7) is 10.7. The Morgan fingerprint density at radius 3 is 2.15 bits per heavy atom. The van der Waals surface area contributed by atoms with Gasteiger partial charge in [-0.25, -0.2) is 0 Å².